The van der Waals surface area contributed by atoms with Crippen LogP contribution in [0.2, 0.25) is 0 Å². The molecule has 0 spiro atoms. The van der Waals surface area contributed by atoms with Crippen molar-refractivity contribution in [3.8, 4) is 0 Å². The van der Waals surface area contributed by atoms with Crippen LogP contribution in [0.15, 0.2) is 24.3 Å². The number of rotatable bonds is 5. The molecule has 114 valence electrons. The van der Waals surface area contributed by atoms with Gasteiger partial charge in [0.05, 0.1) is 11.3 Å². The smallest absolute Gasteiger partial charge is 0.337 e. The molecule has 0 aromatic heterocycles. The fourth-order valence-corrected chi connectivity index (χ4v) is 2.70. The van der Waals surface area contributed by atoms with Crippen molar-refractivity contribution in [2.45, 2.75) is 25.8 Å². The summed E-state index contributed by atoms with van der Waals surface area (Å²) >= 11 is 0. The van der Waals surface area contributed by atoms with Crippen LogP contribution in [-0.2, 0) is 0 Å². The molecule has 1 aliphatic rings. The zero-order chi connectivity index (χ0) is 15.2. The normalized spacial score (nSPS) is 18.4. The van der Waals surface area contributed by atoms with Gasteiger partial charge in [0.25, 0.3) is 0 Å². The Hall–Kier alpha value is -2.08. The predicted molar refractivity (Wildman–Crippen MR) is 80.7 cm³/mol. The topological polar surface area (TPSA) is 81.7 Å². The molecule has 6 heteroatoms. The molecule has 1 fully saturated rings. The minimum atomic E-state index is -1.06. The molecule has 0 saturated carbocycles. The predicted octanol–water partition coefficient (Wildman–Crippen LogP) is 1.99. The highest BCUT2D eigenvalue weighted by Crippen LogP contribution is 2.16. The lowest BCUT2D eigenvalue weighted by molar-refractivity contribution is 0.0698. The summed E-state index contributed by atoms with van der Waals surface area (Å²) in [6, 6.07) is 6.37. The molecule has 21 heavy (non-hydrogen) atoms. The highest BCUT2D eigenvalue weighted by molar-refractivity contribution is 5.99. The van der Waals surface area contributed by atoms with Gasteiger partial charge in [-0.1, -0.05) is 19.1 Å². The number of nitrogens with one attached hydrogen (secondary N) is 2. The molecule has 6 nitrogen and oxygen atoms in total. The number of aromatic carboxylic acids is 1. The van der Waals surface area contributed by atoms with Gasteiger partial charge in [-0.15, -0.1) is 0 Å². The van der Waals surface area contributed by atoms with Crippen molar-refractivity contribution in [1.82, 2.24) is 10.2 Å². The molecule has 0 radical (unpaired) electrons. The number of nitrogens with zero attached hydrogens (tertiary/aromatic N) is 1. The summed E-state index contributed by atoms with van der Waals surface area (Å²) in [7, 11) is 0. The summed E-state index contributed by atoms with van der Waals surface area (Å²) < 4.78 is 0. The van der Waals surface area contributed by atoms with Crippen molar-refractivity contribution in [2.24, 2.45) is 0 Å². The number of hydrogen-bond donors (Lipinski definition) is 3. The van der Waals surface area contributed by atoms with E-state index in [1.807, 2.05) is 0 Å². The molecule has 1 aliphatic heterocycles. The van der Waals surface area contributed by atoms with E-state index in [-0.39, 0.29) is 11.6 Å². The first-order valence-electron chi connectivity index (χ1n) is 7.23. The second kappa shape index (κ2) is 7.08. The molecule has 1 aromatic carbocycles. The SMILES string of the molecule is CCN1CCCC1CNC(=O)Nc1ccccc1C(=O)O. The maximum atomic E-state index is 11.9. The highest BCUT2D eigenvalue weighted by Gasteiger charge is 2.23. The van der Waals surface area contributed by atoms with Crippen molar-refractivity contribution in [3.05, 3.63) is 29.8 Å². The summed E-state index contributed by atoms with van der Waals surface area (Å²) in [5.74, 6) is -1.06. The van der Waals surface area contributed by atoms with Crippen LogP contribution in [0.4, 0.5) is 10.5 Å². The highest BCUT2D eigenvalue weighted by atomic mass is 16.4. The third kappa shape index (κ3) is 3.95. The number of likely N-dealkylation sites (N-methyl/N-ethyl adjacent to an activating group) is 1. The van der Waals surface area contributed by atoms with Gasteiger partial charge in [0.2, 0.25) is 0 Å². The maximum absolute atomic E-state index is 11.9. The lowest BCUT2D eigenvalue weighted by atomic mass is 10.2. The largest absolute Gasteiger partial charge is 0.478 e. The van der Waals surface area contributed by atoms with E-state index in [1.165, 1.54) is 6.07 Å². The number of amides is 2. The van der Waals surface area contributed by atoms with E-state index in [0.717, 1.165) is 25.9 Å². The van der Waals surface area contributed by atoms with Gasteiger partial charge >= 0.3 is 12.0 Å². The Balaban J connectivity index is 1.89. The number of carbonyl (C=O) groups is 2. The first kappa shape index (κ1) is 15.3. The van der Waals surface area contributed by atoms with Gasteiger partial charge in [-0.2, -0.15) is 0 Å². The van der Waals surface area contributed by atoms with Crippen molar-refractivity contribution < 1.29 is 14.7 Å². The molecular formula is C15H21N3O3. The number of carboxylic acid groups (broad SMARTS) is 1. The summed E-state index contributed by atoms with van der Waals surface area (Å²) in [5.41, 5.74) is 0.393. The molecule has 0 aliphatic carbocycles. The fraction of sp³-hybridized carbons (Fsp3) is 0.467. The Kier molecular flexibility index (Phi) is 5.16. The van der Waals surface area contributed by atoms with E-state index in [1.54, 1.807) is 18.2 Å². The molecule has 1 unspecified atom stereocenters. The lowest BCUT2D eigenvalue weighted by Crippen LogP contribution is -2.41. The van der Waals surface area contributed by atoms with Gasteiger partial charge in [0.1, 0.15) is 0 Å². The van der Waals surface area contributed by atoms with Crippen LogP contribution in [-0.4, -0.2) is 47.7 Å². The molecule has 0 bridgehead atoms. The average molecular weight is 291 g/mol. The van der Waals surface area contributed by atoms with Crippen molar-refractivity contribution in [2.75, 3.05) is 25.0 Å². The third-order valence-electron chi connectivity index (χ3n) is 3.81. The van der Waals surface area contributed by atoms with Gasteiger partial charge in [-0.05, 0) is 38.1 Å². The Labute approximate surface area is 124 Å². The van der Waals surface area contributed by atoms with E-state index in [4.69, 9.17) is 5.11 Å². The second-order valence-corrected chi connectivity index (χ2v) is 5.11. The lowest BCUT2D eigenvalue weighted by Gasteiger charge is -2.23. The first-order chi connectivity index (χ1) is 10.1. The van der Waals surface area contributed by atoms with Crippen LogP contribution in [0.25, 0.3) is 0 Å². The standard InChI is InChI=1S/C15H21N3O3/c1-2-18-9-5-6-11(18)10-16-15(21)17-13-8-4-3-7-12(13)14(19)20/h3-4,7-8,11H,2,5-6,9-10H2,1H3,(H,19,20)(H2,16,17,21). The van der Waals surface area contributed by atoms with Crippen LogP contribution in [0, 0.1) is 0 Å². The van der Waals surface area contributed by atoms with Gasteiger partial charge in [0.15, 0.2) is 0 Å². The molecule has 2 rings (SSSR count). The molecule has 1 heterocycles. The maximum Gasteiger partial charge on any atom is 0.337 e. The van der Waals surface area contributed by atoms with Crippen LogP contribution >= 0.6 is 0 Å². The minimum absolute atomic E-state index is 0.0868. The van der Waals surface area contributed by atoms with Gasteiger partial charge in [-0.3, -0.25) is 4.90 Å². The van der Waals surface area contributed by atoms with Gasteiger partial charge < -0.3 is 15.7 Å². The molecule has 3 N–H and O–H groups in total. The number of carbonyl (C=O) groups excluding carboxylic acids is 1. The Morgan fingerprint density at radius 3 is 2.86 bits per heavy atom. The van der Waals surface area contributed by atoms with Crippen LogP contribution in [0.5, 0.6) is 0 Å². The zero-order valence-electron chi connectivity index (χ0n) is 12.1. The Morgan fingerprint density at radius 1 is 1.38 bits per heavy atom. The number of para-hydroxylation sites is 1. The van der Waals surface area contributed by atoms with Crippen LogP contribution in [0.1, 0.15) is 30.1 Å². The zero-order valence-corrected chi connectivity index (χ0v) is 12.1. The number of carboxylic acids is 1. The van der Waals surface area contributed by atoms with Crippen LogP contribution < -0.4 is 10.6 Å². The summed E-state index contributed by atoms with van der Waals surface area (Å²) in [5, 5.41) is 14.5. The number of likely N-dealkylation sites (tertiary alicyclic amines) is 1. The number of anilines is 1. The van der Waals surface area contributed by atoms with E-state index in [2.05, 4.69) is 22.5 Å². The summed E-state index contributed by atoms with van der Waals surface area (Å²) in [6.45, 7) is 4.75. The third-order valence-corrected chi connectivity index (χ3v) is 3.81. The minimum Gasteiger partial charge on any atom is -0.478 e. The van der Waals surface area contributed by atoms with Crippen molar-refractivity contribution in [1.29, 1.82) is 0 Å². The Morgan fingerprint density at radius 2 is 2.14 bits per heavy atom. The van der Waals surface area contributed by atoms with Crippen molar-refractivity contribution >= 4 is 17.7 Å². The fourth-order valence-electron chi connectivity index (χ4n) is 2.70. The number of hydrogen-bond acceptors (Lipinski definition) is 3. The van der Waals surface area contributed by atoms with E-state index in [0.29, 0.717) is 18.3 Å². The number of benzene rings is 1. The van der Waals surface area contributed by atoms with E-state index in [9.17, 15) is 9.59 Å². The van der Waals surface area contributed by atoms with Gasteiger partial charge in [0, 0.05) is 12.6 Å². The quantitative estimate of drug-likeness (QED) is 0.775. The second-order valence-electron chi connectivity index (χ2n) is 5.11. The first-order valence-corrected chi connectivity index (χ1v) is 7.23. The van der Waals surface area contributed by atoms with Crippen molar-refractivity contribution in [3.63, 3.8) is 0 Å². The molecule has 1 aromatic rings. The summed E-state index contributed by atoms with van der Waals surface area (Å²) in [4.78, 5) is 25.3. The van der Waals surface area contributed by atoms with Gasteiger partial charge in [-0.25, -0.2) is 9.59 Å². The molecule has 1 atom stereocenters. The average Bonchev–Trinajstić information content (AvgIpc) is 2.93. The van der Waals surface area contributed by atoms with Crippen LogP contribution in [0.3, 0.4) is 0 Å². The monoisotopic (exact) mass is 291 g/mol. The van der Waals surface area contributed by atoms with E-state index >= 15 is 0 Å². The summed E-state index contributed by atoms with van der Waals surface area (Å²) in [6.07, 6.45) is 2.24. The van der Waals surface area contributed by atoms with E-state index < -0.39 is 5.97 Å². The Bertz CT molecular complexity index is 519. The number of urea groups is 1. The molecular weight excluding hydrogens is 270 g/mol. The molecule has 1 saturated heterocycles. The molecule has 2 amide bonds.